The van der Waals surface area contributed by atoms with Gasteiger partial charge >= 0.3 is 0 Å². The third kappa shape index (κ3) is 4.53. The Balaban J connectivity index is 1.75. The SMILES string of the molecule is CC(CO)N1C(=O)c2cccc(-c3ccc(Cl)cc3)c2[C@@]1(Cc1ccc(Cl)cn1)OC1CCC(O)C1. The molecule has 188 valence electrons. The predicted octanol–water partition coefficient (Wildman–Crippen LogP) is 5.22. The van der Waals surface area contributed by atoms with E-state index in [-0.39, 0.29) is 25.0 Å². The van der Waals surface area contributed by atoms with Crippen LogP contribution in [0.4, 0.5) is 0 Å². The van der Waals surface area contributed by atoms with Gasteiger partial charge in [0.25, 0.3) is 5.91 Å². The maximum absolute atomic E-state index is 14.0. The van der Waals surface area contributed by atoms with Gasteiger partial charge in [0.1, 0.15) is 0 Å². The molecule has 2 aliphatic rings. The summed E-state index contributed by atoms with van der Waals surface area (Å²) in [6.07, 6.45) is 2.89. The van der Waals surface area contributed by atoms with E-state index in [0.717, 1.165) is 16.7 Å². The summed E-state index contributed by atoms with van der Waals surface area (Å²) in [7, 11) is 0. The van der Waals surface area contributed by atoms with Gasteiger partial charge in [-0.2, -0.15) is 0 Å². The van der Waals surface area contributed by atoms with E-state index in [2.05, 4.69) is 4.98 Å². The molecule has 36 heavy (non-hydrogen) atoms. The second kappa shape index (κ2) is 10.1. The van der Waals surface area contributed by atoms with Gasteiger partial charge in [-0.05, 0) is 67.6 Å². The number of benzene rings is 2. The van der Waals surface area contributed by atoms with Crippen molar-refractivity contribution in [1.82, 2.24) is 9.88 Å². The Bertz CT molecular complexity index is 1250. The topological polar surface area (TPSA) is 82.9 Å². The van der Waals surface area contributed by atoms with Crippen molar-refractivity contribution >= 4 is 29.1 Å². The number of aliphatic hydroxyl groups is 2. The molecule has 3 aromatic rings. The van der Waals surface area contributed by atoms with E-state index < -0.39 is 17.9 Å². The lowest BCUT2D eigenvalue weighted by molar-refractivity contribution is -0.183. The van der Waals surface area contributed by atoms with Crippen molar-refractivity contribution in [1.29, 1.82) is 0 Å². The Morgan fingerprint density at radius 2 is 1.81 bits per heavy atom. The lowest BCUT2D eigenvalue weighted by Gasteiger charge is -2.44. The maximum atomic E-state index is 14.0. The molecule has 2 N–H and O–H groups in total. The summed E-state index contributed by atoms with van der Waals surface area (Å²) in [5.41, 5.74) is 2.44. The highest BCUT2D eigenvalue weighted by atomic mass is 35.5. The fraction of sp³-hybridized carbons (Fsp3) is 0.357. The van der Waals surface area contributed by atoms with E-state index in [1.54, 1.807) is 23.2 Å². The van der Waals surface area contributed by atoms with Crippen molar-refractivity contribution in [3.05, 3.63) is 87.7 Å². The quantitative estimate of drug-likeness (QED) is 0.441. The molecule has 5 rings (SSSR count). The number of rotatable bonds is 7. The molecule has 8 heteroatoms. The summed E-state index contributed by atoms with van der Waals surface area (Å²) in [5, 5.41) is 21.6. The largest absolute Gasteiger partial charge is 0.394 e. The fourth-order valence-corrected chi connectivity index (χ4v) is 5.70. The third-order valence-corrected chi connectivity index (χ3v) is 7.56. The molecule has 0 bridgehead atoms. The molecule has 0 spiro atoms. The number of halogens is 2. The van der Waals surface area contributed by atoms with Crippen LogP contribution in [0.3, 0.4) is 0 Å². The first kappa shape index (κ1) is 25.2. The van der Waals surface area contributed by atoms with Crippen LogP contribution in [-0.4, -0.2) is 50.9 Å². The van der Waals surface area contributed by atoms with E-state index in [9.17, 15) is 15.0 Å². The number of aliphatic hydroxyl groups excluding tert-OH is 2. The first-order valence-electron chi connectivity index (χ1n) is 12.1. The Labute approximate surface area is 220 Å². The van der Waals surface area contributed by atoms with Crippen molar-refractivity contribution in [3.63, 3.8) is 0 Å². The molecule has 3 unspecified atom stereocenters. The lowest BCUT2D eigenvalue weighted by Crippen LogP contribution is -2.54. The number of aromatic nitrogens is 1. The molecule has 1 fully saturated rings. The summed E-state index contributed by atoms with van der Waals surface area (Å²) in [5.74, 6) is -0.213. The number of nitrogens with zero attached hydrogens (tertiary/aromatic N) is 2. The Morgan fingerprint density at radius 3 is 2.44 bits per heavy atom. The molecule has 2 heterocycles. The van der Waals surface area contributed by atoms with Gasteiger partial charge in [-0.1, -0.05) is 47.5 Å². The van der Waals surface area contributed by atoms with E-state index in [1.165, 1.54) is 0 Å². The van der Waals surface area contributed by atoms with E-state index in [4.69, 9.17) is 27.9 Å². The van der Waals surface area contributed by atoms with E-state index >= 15 is 0 Å². The van der Waals surface area contributed by atoms with Gasteiger partial charge in [-0.3, -0.25) is 9.78 Å². The van der Waals surface area contributed by atoms with Crippen molar-refractivity contribution in [2.45, 2.75) is 56.6 Å². The molecule has 1 aliphatic carbocycles. The van der Waals surface area contributed by atoms with Crippen LogP contribution >= 0.6 is 23.2 Å². The predicted molar refractivity (Wildman–Crippen MR) is 139 cm³/mol. The summed E-state index contributed by atoms with van der Waals surface area (Å²) in [6, 6.07) is 16.2. The lowest BCUT2D eigenvalue weighted by atomic mass is 9.87. The number of hydrogen-bond donors (Lipinski definition) is 2. The zero-order valence-electron chi connectivity index (χ0n) is 19.9. The van der Waals surface area contributed by atoms with Crippen LogP contribution in [0.2, 0.25) is 10.0 Å². The molecular weight excluding hydrogens is 499 g/mol. The molecule has 1 aromatic heterocycles. The van der Waals surface area contributed by atoms with Gasteiger partial charge in [-0.25, -0.2) is 0 Å². The Morgan fingerprint density at radius 1 is 1.08 bits per heavy atom. The number of fused-ring (bicyclic) bond motifs is 1. The van der Waals surface area contributed by atoms with Crippen LogP contribution in [0.1, 0.15) is 47.8 Å². The normalized spacial score (nSPS) is 24.2. The van der Waals surface area contributed by atoms with Crippen LogP contribution < -0.4 is 0 Å². The minimum absolute atomic E-state index is 0.213. The van der Waals surface area contributed by atoms with Crippen LogP contribution in [0.5, 0.6) is 0 Å². The maximum Gasteiger partial charge on any atom is 0.257 e. The highest BCUT2D eigenvalue weighted by molar-refractivity contribution is 6.30. The van der Waals surface area contributed by atoms with Gasteiger partial charge in [0.15, 0.2) is 5.72 Å². The highest BCUT2D eigenvalue weighted by Gasteiger charge is 2.55. The van der Waals surface area contributed by atoms with Gasteiger partial charge < -0.3 is 19.8 Å². The van der Waals surface area contributed by atoms with Crippen molar-refractivity contribution in [2.75, 3.05) is 6.61 Å². The minimum Gasteiger partial charge on any atom is -0.394 e. The average Bonchev–Trinajstić information content (AvgIpc) is 3.39. The van der Waals surface area contributed by atoms with Gasteiger partial charge in [-0.15, -0.1) is 0 Å². The second-order valence-electron chi connectivity index (χ2n) is 9.58. The summed E-state index contributed by atoms with van der Waals surface area (Å²) < 4.78 is 6.92. The smallest absolute Gasteiger partial charge is 0.257 e. The first-order chi connectivity index (χ1) is 17.3. The van der Waals surface area contributed by atoms with Crippen LogP contribution in [0.25, 0.3) is 11.1 Å². The number of carbonyl (C=O) groups is 1. The highest BCUT2D eigenvalue weighted by Crippen LogP contribution is 2.50. The van der Waals surface area contributed by atoms with Crippen LogP contribution in [0.15, 0.2) is 60.8 Å². The monoisotopic (exact) mass is 526 g/mol. The van der Waals surface area contributed by atoms with Crippen LogP contribution in [-0.2, 0) is 16.9 Å². The zero-order valence-corrected chi connectivity index (χ0v) is 21.4. The van der Waals surface area contributed by atoms with Gasteiger partial charge in [0.05, 0.1) is 29.9 Å². The average molecular weight is 527 g/mol. The summed E-state index contributed by atoms with van der Waals surface area (Å²) >= 11 is 12.3. The third-order valence-electron chi connectivity index (χ3n) is 7.08. The number of carbonyl (C=O) groups excluding carboxylic acids is 1. The van der Waals surface area contributed by atoms with Crippen molar-refractivity contribution in [2.24, 2.45) is 0 Å². The molecule has 1 amide bonds. The van der Waals surface area contributed by atoms with Crippen LogP contribution in [0, 0.1) is 0 Å². The summed E-state index contributed by atoms with van der Waals surface area (Å²) in [4.78, 5) is 20.1. The summed E-state index contributed by atoms with van der Waals surface area (Å²) in [6.45, 7) is 1.57. The van der Waals surface area contributed by atoms with Crippen molar-refractivity contribution in [3.8, 4) is 11.1 Å². The number of amides is 1. The molecule has 6 nitrogen and oxygen atoms in total. The molecular formula is C28H28Cl2N2O4. The Kier molecular flexibility index (Phi) is 7.07. The molecule has 2 aromatic carbocycles. The molecule has 0 radical (unpaired) electrons. The van der Waals surface area contributed by atoms with E-state index in [1.807, 2.05) is 49.4 Å². The Hall–Kier alpha value is -2.48. The molecule has 0 saturated heterocycles. The number of hydrogen-bond acceptors (Lipinski definition) is 5. The minimum atomic E-state index is -1.25. The van der Waals surface area contributed by atoms with Gasteiger partial charge in [0.2, 0.25) is 0 Å². The number of ether oxygens (including phenoxy) is 1. The second-order valence-corrected chi connectivity index (χ2v) is 10.5. The van der Waals surface area contributed by atoms with Crippen molar-refractivity contribution < 1.29 is 19.7 Å². The van der Waals surface area contributed by atoms with Gasteiger partial charge in [0, 0.05) is 34.5 Å². The zero-order chi connectivity index (χ0) is 25.4. The number of pyridine rings is 1. The molecule has 1 aliphatic heterocycles. The molecule has 4 atom stereocenters. The standard InChI is InChI=1S/C28H28Cl2N2O4/c1-17(16-33)32-27(35)25-4-2-3-24(18-5-7-19(29)8-6-18)26(25)28(32,36-23-12-11-22(34)13-23)14-21-10-9-20(30)15-31-21/h2-10,15,17,22-23,33-34H,11-14,16H2,1H3/t17?,22?,23?,28-/m1/s1. The molecule has 1 saturated carbocycles. The fourth-order valence-electron chi connectivity index (χ4n) is 5.46. The first-order valence-corrected chi connectivity index (χ1v) is 12.9. The van der Waals surface area contributed by atoms with E-state index in [0.29, 0.717) is 40.6 Å².